The molecule has 1 aliphatic rings. The number of rotatable bonds is 4. The molecule has 1 aromatic heterocycles. The lowest BCUT2D eigenvalue weighted by molar-refractivity contribution is -0.115. The van der Waals surface area contributed by atoms with Gasteiger partial charge in [0.1, 0.15) is 5.69 Å². The van der Waals surface area contributed by atoms with Gasteiger partial charge in [-0.2, -0.15) is 0 Å². The van der Waals surface area contributed by atoms with Crippen LogP contribution in [0.2, 0.25) is 0 Å². The van der Waals surface area contributed by atoms with Crippen LogP contribution in [0.5, 0.6) is 0 Å². The highest BCUT2D eigenvalue weighted by molar-refractivity contribution is 6.33. The first kappa shape index (κ1) is 17.6. The van der Waals surface area contributed by atoms with Crippen LogP contribution in [0.4, 0.5) is 11.4 Å². The highest BCUT2D eigenvalue weighted by atomic mass is 16.2. The van der Waals surface area contributed by atoms with E-state index in [9.17, 15) is 14.4 Å². The normalized spacial score (nSPS) is 12.8. The molecule has 1 N–H and O–H groups in total. The van der Waals surface area contributed by atoms with Crippen molar-refractivity contribution in [3.05, 3.63) is 89.2 Å². The third kappa shape index (κ3) is 3.16. The van der Waals surface area contributed by atoms with Crippen molar-refractivity contribution in [2.24, 2.45) is 0 Å². The number of benzene rings is 2. The Labute approximate surface area is 161 Å². The maximum atomic E-state index is 12.6. The molecule has 28 heavy (non-hydrogen) atoms. The van der Waals surface area contributed by atoms with Crippen LogP contribution in [-0.4, -0.2) is 22.7 Å². The number of nitrogens with one attached hydrogen (secondary N) is 1. The van der Waals surface area contributed by atoms with E-state index in [-0.39, 0.29) is 23.6 Å². The Bertz CT molecular complexity index is 1070. The predicted molar refractivity (Wildman–Crippen MR) is 105 cm³/mol. The zero-order valence-electron chi connectivity index (χ0n) is 15.2. The number of hydrogen-bond acceptors (Lipinski definition) is 4. The first-order chi connectivity index (χ1) is 13.5. The minimum absolute atomic E-state index is 0.140. The monoisotopic (exact) mass is 371 g/mol. The van der Waals surface area contributed by atoms with Gasteiger partial charge in [0.05, 0.1) is 17.7 Å². The summed E-state index contributed by atoms with van der Waals surface area (Å²) in [5, 5.41) is 2.83. The van der Waals surface area contributed by atoms with Crippen LogP contribution >= 0.6 is 0 Å². The Morgan fingerprint density at radius 2 is 1.82 bits per heavy atom. The first-order valence-electron chi connectivity index (χ1n) is 8.83. The van der Waals surface area contributed by atoms with Gasteiger partial charge < -0.3 is 5.32 Å². The van der Waals surface area contributed by atoms with E-state index in [1.54, 1.807) is 36.4 Å². The van der Waals surface area contributed by atoms with E-state index in [4.69, 9.17) is 0 Å². The SMILES string of the molecule is Cc1ccccc1CC(=O)Nc1cccc(N2C(=O)c3cccnc3C2=O)c1. The van der Waals surface area contributed by atoms with Crippen molar-refractivity contribution >= 4 is 29.1 Å². The van der Waals surface area contributed by atoms with Crippen LogP contribution in [0.25, 0.3) is 0 Å². The van der Waals surface area contributed by atoms with Gasteiger partial charge in [0.15, 0.2) is 0 Å². The number of aryl methyl sites for hydroxylation is 1. The van der Waals surface area contributed by atoms with E-state index >= 15 is 0 Å². The van der Waals surface area contributed by atoms with E-state index in [0.717, 1.165) is 16.0 Å². The third-order valence-electron chi connectivity index (χ3n) is 4.65. The van der Waals surface area contributed by atoms with Crippen molar-refractivity contribution in [2.45, 2.75) is 13.3 Å². The third-order valence-corrected chi connectivity index (χ3v) is 4.65. The van der Waals surface area contributed by atoms with Crippen LogP contribution in [0.3, 0.4) is 0 Å². The topological polar surface area (TPSA) is 79.4 Å². The quantitative estimate of drug-likeness (QED) is 0.713. The van der Waals surface area contributed by atoms with Crippen molar-refractivity contribution < 1.29 is 14.4 Å². The van der Waals surface area contributed by atoms with Gasteiger partial charge in [-0.3, -0.25) is 19.4 Å². The lowest BCUT2D eigenvalue weighted by atomic mass is 10.1. The van der Waals surface area contributed by atoms with Crippen molar-refractivity contribution in [1.82, 2.24) is 4.98 Å². The molecule has 2 heterocycles. The fourth-order valence-electron chi connectivity index (χ4n) is 3.21. The van der Waals surface area contributed by atoms with Crippen molar-refractivity contribution in [2.75, 3.05) is 10.2 Å². The minimum atomic E-state index is -0.469. The lowest BCUT2D eigenvalue weighted by Crippen LogP contribution is -2.29. The molecule has 1 aliphatic heterocycles. The number of imide groups is 1. The largest absolute Gasteiger partial charge is 0.326 e. The van der Waals surface area contributed by atoms with Gasteiger partial charge in [-0.25, -0.2) is 4.90 Å². The Morgan fingerprint density at radius 3 is 2.61 bits per heavy atom. The molecule has 3 aromatic rings. The summed E-state index contributed by atoms with van der Waals surface area (Å²) in [5.41, 5.74) is 3.32. The fraction of sp³-hybridized carbons (Fsp3) is 0.0909. The van der Waals surface area contributed by atoms with E-state index in [1.807, 2.05) is 31.2 Å². The maximum Gasteiger partial charge on any atom is 0.284 e. The molecule has 2 aromatic carbocycles. The summed E-state index contributed by atoms with van der Waals surface area (Å²) in [6.07, 6.45) is 1.73. The van der Waals surface area contributed by atoms with Crippen molar-refractivity contribution in [3.63, 3.8) is 0 Å². The molecule has 0 atom stereocenters. The molecule has 6 nitrogen and oxygen atoms in total. The molecule has 4 rings (SSSR count). The second kappa shape index (κ2) is 7.08. The van der Waals surface area contributed by atoms with E-state index in [0.29, 0.717) is 11.4 Å². The average molecular weight is 371 g/mol. The summed E-state index contributed by atoms with van der Waals surface area (Å²) in [4.78, 5) is 42.7. The molecule has 0 saturated carbocycles. The number of carbonyl (C=O) groups is 3. The molecule has 0 bridgehead atoms. The number of anilines is 2. The molecule has 3 amide bonds. The standard InChI is InChI=1S/C22H17N3O3/c1-14-6-2-3-7-15(14)12-19(26)24-16-8-4-9-17(13-16)25-21(27)18-10-5-11-23-20(18)22(25)28/h2-11,13H,12H2,1H3,(H,24,26). The second-order valence-electron chi connectivity index (χ2n) is 6.55. The zero-order chi connectivity index (χ0) is 19.7. The molecular formula is C22H17N3O3. The molecule has 0 aliphatic carbocycles. The Kier molecular flexibility index (Phi) is 4.45. The van der Waals surface area contributed by atoms with E-state index in [2.05, 4.69) is 10.3 Å². The zero-order valence-corrected chi connectivity index (χ0v) is 15.2. The highest BCUT2D eigenvalue weighted by Gasteiger charge is 2.37. The second-order valence-corrected chi connectivity index (χ2v) is 6.55. The number of hydrogen-bond donors (Lipinski definition) is 1. The van der Waals surface area contributed by atoms with E-state index < -0.39 is 11.8 Å². The maximum absolute atomic E-state index is 12.6. The Morgan fingerprint density at radius 1 is 1.00 bits per heavy atom. The van der Waals surface area contributed by atoms with Gasteiger partial charge in [0.2, 0.25) is 5.91 Å². The number of amides is 3. The Balaban J connectivity index is 1.54. The molecule has 0 fully saturated rings. The number of fused-ring (bicyclic) bond motifs is 1. The van der Waals surface area contributed by atoms with Crippen LogP contribution in [-0.2, 0) is 11.2 Å². The smallest absolute Gasteiger partial charge is 0.284 e. The first-order valence-corrected chi connectivity index (χ1v) is 8.83. The summed E-state index contributed by atoms with van der Waals surface area (Å²) in [6.45, 7) is 1.96. The molecule has 0 radical (unpaired) electrons. The molecule has 0 saturated heterocycles. The average Bonchev–Trinajstić information content (AvgIpc) is 2.95. The van der Waals surface area contributed by atoms with Crippen LogP contribution in [0, 0.1) is 6.92 Å². The molecular weight excluding hydrogens is 354 g/mol. The van der Waals surface area contributed by atoms with Crippen molar-refractivity contribution in [1.29, 1.82) is 0 Å². The van der Waals surface area contributed by atoms with Gasteiger partial charge >= 0.3 is 0 Å². The van der Waals surface area contributed by atoms with Gasteiger partial charge in [0, 0.05) is 11.9 Å². The molecule has 0 spiro atoms. The van der Waals surface area contributed by atoms with Crippen molar-refractivity contribution in [3.8, 4) is 0 Å². The summed E-state index contributed by atoms with van der Waals surface area (Å²) in [7, 11) is 0. The van der Waals surface area contributed by atoms with Gasteiger partial charge in [-0.15, -0.1) is 0 Å². The number of pyridine rings is 1. The molecule has 0 unspecified atom stereocenters. The summed E-state index contributed by atoms with van der Waals surface area (Å²) < 4.78 is 0. The van der Waals surface area contributed by atoms with Gasteiger partial charge in [0.25, 0.3) is 11.8 Å². The van der Waals surface area contributed by atoms with E-state index in [1.165, 1.54) is 6.20 Å². The summed E-state index contributed by atoms with van der Waals surface area (Å²) >= 11 is 0. The predicted octanol–water partition coefficient (Wildman–Crippen LogP) is 3.37. The van der Waals surface area contributed by atoms with Gasteiger partial charge in [-0.1, -0.05) is 30.3 Å². The van der Waals surface area contributed by atoms with Gasteiger partial charge in [-0.05, 0) is 48.4 Å². The molecule has 138 valence electrons. The van der Waals surface area contributed by atoms with Crippen LogP contribution in [0.1, 0.15) is 32.0 Å². The highest BCUT2D eigenvalue weighted by Crippen LogP contribution is 2.28. The molecule has 6 heteroatoms. The summed E-state index contributed by atoms with van der Waals surface area (Å²) in [6, 6.07) is 17.6. The number of nitrogens with zero attached hydrogens (tertiary/aromatic N) is 2. The fourth-order valence-corrected chi connectivity index (χ4v) is 3.21. The summed E-state index contributed by atoms with van der Waals surface area (Å²) in [5.74, 6) is -1.06. The number of aromatic nitrogens is 1. The Hall–Kier alpha value is -3.80. The minimum Gasteiger partial charge on any atom is -0.326 e. The van der Waals surface area contributed by atoms with Crippen LogP contribution in [0.15, 0.2) is 66.9 Å². The lowest BCUT2D eigenvalue weighted by Gasteiger charge is -2.15. The van der Waals surface area contributed by atoms with Crippen LogP contribution < -0.4 is 10.2 Å². The number of carbonyl (C=O) groups excluding carboxylic acids is 3.